The highest BCUT2D eigenvalue weighted by Gasteiger charge is 2.16. The summed E-state index contributed by atoms with van der Waals surface area (Å²) >= 11 is 0. The molecule has 116 valence electrons. The van der Waals surface area contributed by atoms with Gasteiger partial charge >= 0.3 is 12.1 Å². The van der Waals surface area contributed by atoms with Crippen LogP contribution in [0, 0.1) is 0 Å². The number of nitrogens with zero attached hydrogens (tertiary/aromatic N) is 1. The monoisotopic (exact) mass is 296 g/mol. The Hall–Kier alpha value is -2.31. The molecule has 7 nitrogen and oxygen atoms in total. The average Bonchev–Trinajstić information content (AvgIpc) is 2.38. The van der Waals surface area contributed by atoms with Gasteiger partial charge in [0.15, 0.2) is 0 Å². The first kappa shape index (κ1) is 16.7. The first-order valence-corrected chi connectivity index (χ1v) is 6.49. The zero-order valence-corrected chi connectivity index (χ0v) is 12.6. The Bertz CT molecular complexity index is 571. The van der Waals surface area contributed by atoms with Gasteiger partial charge in [-0.2, -0.15) is 0 Å². The zero-order valence-electron chi connectivity index (χ0n) is 12.6. The maximum absolute atomic E-state index is 12.0. The van der Waals surface area contributed by atoms with Crippen LogP contribution < -0.4 is 10.9 Å². The molecule has 1 amide bonds. The van der Waals surface area contributed by atoms with Crippen molar-refractivity contribution < 1.29 is 19.1 Å². The third-order valence-corrected chi connectivity index (χ3v) is 2.45. The van der Waals surface area contributed by atoms with E-state index >= 15 is 0 Å². The summed E-state index contributed by atoms with van der Waals surface area (Å²) in [5, 5.41) is 2.54. The fourth-order valence-electron chi connectivity index (χ4n) is 1.57. The number of pyridine rings is 1. The minimum atomic E-state index is -0.686. The minimum absolute atomic E-state index is 0.0442. The number of carbonyl (C=O) groups is 2. The van der Waals surface area contributed by atoms with Crippen molar-refractivity contribution in [2.24, 2.45) is 0 Å². The highest BCUT2D eigenvalue weighted by atomic mass is 16.6. The van der Waals surface area contributed by atoms with Gasteiger partial charge in [-0.15, -0.1) is 0 Å². The Labute approximate surface area is 122 Å². The maximum Gasteiger partial charge on any atom is 0.407 e. The van der Waals surface area contributed by atoms with Crippen LogP contribution in [0.4, 0.5) is 4.79 Å². The van der Waals surface area contributed by atoms with E-state index in [0.29, 0.717) is 0 Å². The first-order valence-electron chi connectivity index (χ1n) is 6.49. The largest absolute Gasteiger partial charge is 0.465 e. The van der Waals surface area contributed by atoms with Crippen LogP contribution in [-0.4, -0.2) is 35.9 Å². The van der Waals surface area contributed by atoms with Crippen molar-refractivity contribution >= 4 is 12.1 Å². The highest BCUT2D eigenvalue weighted by Crippen LogP contribution is 2.06. The summed E-state index contributed by atoms with van der Waals surface area (Å²) in [7, 11) is 1.21. The Morgan fingerprint density at radius 3 is 2.57 bits per heavy atom. The van der Waals surface area contributed by atoms with E-state index in [9.17, 15) is 14.4 Å². The molecular weight excluding hydrogens is 276 g/mol. The van der Waals surface area contributed by atoms with Gasteiger partial charge in [0.25, 0.3) is 5.56 Å². The maximum atomic E-state index is 12.0. The number of ether oxygens (including phenoxy) is 2. The van der Waals surface area contributed by atoms with Gasteiger partial charge in [-0.3, -0.25) is 4.79 Å². The van der Waals surface area contributed by atoms with E-state index in [1.807, 2.05) is 0 Å². The SMILES string of the molecule is COC(=O)c1cccn(CCNC(=O)OC(C)(C)C)c1=O. The van der Waals surface area contributed by atoms with Gasteiger partial charge in [-0.25, -0.2) is 9.59 Å². The summed E-state index contributed by atoms with van der Waals surface area (Å²) < 4.78 is 10.9. The van der Waals surface area contributed by atoms with Gasteiger partial charge in [0, 0.05) is 19.3 Å². The molecule has 1 aromatic heterocycles. The normalized spacial score (nSPS) is 10.9. The lowest BCUT2D eigenvalue weighted by Gasteiger charge is -2.19. The third-order valence-electron chi connectivity index (χ3n) is 2.45. The molecule has 0 aromatic carbocycles. The standard InChI is InChI=1S/C14H20N2O5/c1-14(2,3)21-13(19)15-7-9-16-8-5-6-10(11(16)17)12(18)20-4/h5-6,8H,7,9H2,1-4H3,(H,15,19). The van der Waals surface area contributed by atoms with Gasteiger partial charge in [-0.1, -0.05) is 0 Å². The van der Waals surface area contributed by atoms with Crippen molar-refractivity contribution in [2.45, 2.75) is 32.9 Å². The van der Waals surface area contributed by atoms with E-state index in [-0.39, 0.29) is 18.7 Å². The van der Waals surface area contributed by atoms with E-state index < -0.39 is 23.2 Å². The molecule has 7 heteroatoms. The lowest BCUT2D eigenvalue weighted by Crippen LogP contribution is -2.36. The molecular formula is C14H20N2O5. The van der Waals surface area contributed by atoms with E-state index in [2.05, 4.69) is 10.1 Å². The number of rotatable bonds is 4. The number of methoxy groups -OCH3 is 1. The second kappa shape index (κ2) is 6.92. The van der Waals surface area contributed by atoms with E-state index in [1.165, 1.54) is 23.9 Å². The highest BCUT2D eigenvalue weighted by molar-refractivity contribution is 5.88. The molecule has 0 aliphatic rings. The smallest absolute Gasteiger partial charge is 0.407 e. The van der Waals surface area contributed by atoms with Gasteiger partial charge in [0.05, 0.1) is 7.11 Å². The summed E-state index contributed by atoms with van der Waals surface area (Å²) in [6.07, 6.45) is 0.977. The lowest BCUT2D eigenvalue weighted by atomic mass is 10.2. The number of nitrogens with one attached hydrogen (secondary N) is 1. The van der Waals surface area contributed by atoms with Gasteiger partial charge in [0.2, 0.25) is 0 Å². The van der Waals surface area contributed by atoms with E-state index in [4.69, 9.17) is 4.74 Å². The molecule has 0 atom stereocenters. The summed E-state index contributed by atoms with van der Waals surface area (Å²) in [4.78, 5) is 34.9. The molecule has 1 aromatic rings. The van der Waals surface area contributed by atoms with Crippen LogP contribution in [0.2, 0.25) is 0 Å². The van der Waals surface area contributed by atoms with Crippen molar-refractivity contribution in [3.63, 3.8) is 0 Å². The van der Waals surface area contributed by atoms with Crippen LogP contribution in [0.25, 0.3) is 0 Å². The molecule has 0 saturated heterocycles. The summed E-state index contributed by atoms with van der Waals surface area (Å²) in [5.41, 5.74) is -1.08. The number of hydrogen-bond acceptors (Lipinski definition) is 5. The zero-order chi connectivity index (χ0) is 16.0. The van der Waals surface area contributed by atoms with E-state index in [1.54, 1.807) is 26.8 Å². The van der Waals surface area contributed by atoms with Crippen LogP contribution >= 0.6 is 0 Å². The molecule has 0 unspecified atom stereocenters. The Morgan fingerprint density at radius 1 is 1.33 bits per heavy atom. The molecule has 1 heterocycles. The van der Waals surface area contributed by atoms with Crippen LogP contribution in [0.3, 0.4) is 0 Å². The van der Waals surface area contributed by atoms with Crippen LogP contribution in [0.15, 0.2) is 23.1 Å². The summed E-state index contributed by atoms with van der Waals surface area (Å²) in [5.74, 6) is -0.686. The molecule has 0 fully saturated rings. The van der Waals surface area contributed by atoms with Gasteiger partial charge in [0.1, 0.15) is 11.2 Å². The molecule has 0 aliphatic carbocycles. The number of esters is 1. The number of aromatic nitrogens is 1. The molecule has 1 N–H and O–H groups in total. The van der Waals surface area contributed by atoms with Gasteiger partial charge in [-0.05, 0) is 32.9 Å². The number of hydrogen-bond donors (Lipinski definition) is 1. The molecule has 1 rings (SSSR count). The van der Waals surface area contributed by atoms with Crippen LogP contribution in [0.1, 0.15) is 31.1 Å². The van der Waals surface area contributed by atoms with Crippen LogP contribution in [-0.2, 0) is 16.0 Å². The number of alkyl carbamates (subject to hydrolysis) is 1. The second-order valence-corrected chi connectivity index (χ2v) is 5.34. The summed E-state index contributed by atoms with van der Waals surface area (Å²) in [6.45, 7) is 5.72. The molecule has 0 saturated carbocycles. The van der Waals surface area contributed by atoms with Crippen molar-refractivity contribution in [3.05, 3.63) is 34.2 Å². The molecule has 0 aliphatic heterocycles. The second-order valence-electron chi connectivity index (χ2n) is 5.34. The molecule has 21 heavy (non-hydrogen) atoms. The van der Waals surface area contributed by atoms with Crippen molar-refractivity contribution in [1.82, 2.24) is 9.88 Å². The first-order chi connectivity index (χ1) is 9.74. The average molecular weight is 296 g/mol. The number of carbonyl (C=O) groups excluding carboxylic acids is 2. The molecule has 0 spiro atoms. The summed E-state index contributed by atoms with van der Waals surface area (Å²) in [6, 6.07) is 2.97. The predicted molar refractivity (Wildman–Crippen MR) is 76.3 cm³/mol. The van der Waals surface area contributed by atoms with Crippen LogP contribution in [0.5, 0.6) is 0 Å². The Kier molecular flexibility index (Phi) is 5.52. The fourth-order valence-corrected chi connectivity index (χ4v) is 1.57. The van der Waals surface area contributed by atoms with Crippen molar-refractivity contribution in [2.75, 3.05) is 13.7 Å². The van der Waals surface area contributed by atoms with E-state index in [0.717, 1.165) is 0 Å². The molecule has 0 bridgehead atoms. The van der Waals surface area contributed by atoms with Crippen molar-refractivity contribution in [3.8, 4) is 0 Å². The third kappa shape index (κ3) is 5.29. The lowest BCUT2D eigenvalue weighted by molar-refractivity contribution is 0.0523. The van der Waals surface area contributed by atoms with Crippen molar-refractivity contribution in [1.29, 1.82) is 0 Å². The molecule has 0 radical (unpaired) electrons. The minimum Gasteiger partial charge on any atom is -0.465 e. The topological polar surface area (TPSA) is 86.6 Å². The quantitative estimate of drug-likeness (QED) is 0.843. The Morgan fingerprint density at radius 2 is 2.00 bits per heavy atom. The Balaban J connectivity index is 2.63. The van der Waals surface area contributed by atoms with Gasteiger partial charge < -0.3 is 19.4 Å². The fraction of sp³-hybridized carbons (Fsp3) is 0.500. The predicted octanol–water partition coefficient (Wildman–Crippen LogP) is 1.16. The number of amides is 1.